The van der Waals surface area contributed by atoms with Crippen molar-refractivity contribution in [3.05, 3.63) is 35.9 Å². The van der Waals surface area contributed by atoms with Gasteiger partial charge in [-0.3, -0.25) is 0 Å². The summed E-state index contributed by atoms with van der Waals surface area (Å²) < 4.78 is 0. The topological polar surface area (TPSA) is 35.0 Å². The van der Waals surface area contributed by atoms with E-state index in [4.69, 9.17) is 11.6 Å². The number of unbranched alkanes of at least 4 members (excludes halogenated alkanes) is 7. The second-order valence-corrected chi connectivity index (χ2v) is 8.19. The predicted molar refractivity (Wildman–Crippen MR) is 106 cm³/mol. The largest absolute Gasteiger partial charge is 0.344 e. The minimum Gasteiger partial charge on any atom is -0.344 e. The molecular weight excluding hydrogens is 302 g/mol. The Morgan fingerprint density at radius 2 is 1.39 bits per heavy atom. The maximum Gasteiger partial charge on any atom is 0.0421 e. The molecule has 1 unspecified atom stereocenters. The van der Waals surface area contributed by atoms with Crippen molar-refractivity contribution < 1.29 is 0 Å². The minimum absolute atomic E-state index is 0. The van der Waals surface area contributed by atoms with Gasteiger partial charge in [-0.25, -0.2) is 0 Å². The third-order valence-electron chi connectivity index (χ3n) is 4.70. The van der Waals surface area contributed by atoms with Gasteiger partial charge in [0, 0.05) is 4.87 Å². The fraction of sp³-hybridized carbons (Fsp3) is 0.714. The average Bonchev–Trinajstić information content (AvgIpc) is 2.49. The molecule has 3 N–H and O–H groups in total. The number of hydrogen-bond acceptors (Lipinski definition) is 1. The Hall–Kier alpha value is -0.530. The Morgan fingerprint density at radius 1 is 0.870 bits per heavy atom. The minimum atomic E-state index is -0.114. The normalized spacial score (nSPS) is 12.7. The van der Waals surface area contributed by atoms with Gasteiger partial charge in [-0.2, -0.15) is 0 Å². The number of rotatable bonds is 12. The molecule has 0 radical (unpaired) electrons. The van der Waals surface area contributed by atoms with E-state index in [0.29, 0.717) is 5.92 Å². The quantitative estimate of drug-likeness (QED) is 0.309. The Balaban J connectivity index is 0.00000484. The standard InChI is InChI=1S/C21H35Cl.H3N/c1-4-5-6-7-8-9-10-14-17-20(21(2,3)22)18-19-15-12-11-13-16-19;/h11-13,15-16,20H,4-10,14,17-18H2,1-3H3;1H3. The van der Waals surface area contributed by atoms with Gasteiger partial charge in [0.05, 0.1) is 0 Å². The first-order chi connectivity index (χ1) is 10.5. The summed E-state index contributed by atoms with van der Waals surface area (Å²) in [6.07, 6.45) is 13.4. The first kappa shape index (κ1) is 22.5. The van der Waals surface area contributed by atoms with Crippen LogP contribution in [-0.4, -0.2) is 4.87 Å². The summed E-state index contributed by atoms with van der Waals surface area (Å²) in [5.74, 6) is 0.566. The highest BCUT2D eigenvalue weighted by Gasteiger charge is 2.26. The van der Waals surface area contributed by atoms with E-state index in [2.05, 4.69) is 51.1 Å². The molecule has 0 bridgehead atoms. The molecule has 23 heavy (non-hydrogen) atoms. The zero-order valence-corrected chi connectivity index (χ0v) is 16.4. The summed E-state index contributed by atoms with van der Waals surface area (Å²) in [4.78, 5) is -0.114. The van der Waals surface area contributed by atoms with Crippen LogP contribution < -0.4 is 6.15 Å². The van der Waals surface area contributed by atoms with E-state index in [1.54, 1.807) is 0 Å². The van der Waals surface area contributed by atoms with E-state index >= 15 is 0 Å². The molecule has 1 nitrogen and oxygen atoms in total. The summed E-state index contributed by atoms with van der Waals surface area (Å²) in [5, 5.41) is 0. The van der Waals surface area contributed by atoms with Gasteiger partial charge in [0.15, 0.2) is 0 Å². The Morgan fingerprint density at radius 3 is 1.91 bits per heavy atom. The smallest absolute Gasteiger partial charge is 0.0421 e. The summed E-state index contributed by atoms with van der Waals surface area (Å²) in [5.41, 5.74) is 1.42. The fourth-order valence-electron chi connectivity index (χ4n) is 3.11. The van der Waals surface area contributed by atoms with E-state index in [1.165, 1.54) is 63.4 Å². The lowest BCUT2D eigenvalue weighted by Gasteiger charge is -2.29. The monoisotopic (exact) mass is 339 g/mol. The molecule has 1 aromatic carbocycles. The van der Waals surface area contributed by atoms with Gasteiger partial charge < -0.3 is 6.15 Å². The van der Waals surface area contributed by atoms with Crippen LogP contribution in [0.4, 0.5) is 0 Å². The number of hydrogen-bond donors (Lipinski definition) is 1. The molecule has 0 aliphatic heterocycles. The molecule has 0 aliphatic carbocycles. The third kappa shape index (κ3) is 10.8. The van der Waals surface area contributed by atoms with Crippen LogP contribution >= 0.6 is 11.6 Å². The molecule has 1 atom stereocenters. The van der Waals surface area contributed by atoms with E-state index in [9.17, 15) is 0 Å². The van der Waals surface area contributed by atoms with Crippen molar-refractivity contribution in [2.24, 2.45) is 5.92 Å². The highest BCUT2D eigenvalue weighted by atomic mass is 35.5. The molecule has 0 fully saturated rings. The highest BCUT2D eigenvalue weighted by Crippen LogP contribution is 2.32. The molecule has 0 spiro atoms. The molecule has 0 saturated heterocycles. The van der Waals surface area contributed by atoms with Gasteiger partial charge in [0.2, 0.25) is 0 Å². The van der Waals surface area contributed by atoms with Crippen LogP contribution in [-0.2, 0) is 6.42 Å². The fourth-order valence-corrected chi connectivity index (χ4v) is 3.30. The van der Waals surface area contributed by atoms with Crippen molar-refractivity contribution in [2.75, 3.05) is 0 Å². The number of benzene rings is 1. The van der Waals surface area contributed by atoms with Gasteiger partial charge in [-0.1, -0.05) is 88.6 Å². The van der Waals surface area contributed by atoms with Crippen LogP contribution in [0.15, 0.2) is 30.3 Å². The van der Waals surface area contributed by atoms with E-state index in [1.807, 2.05) is 0 Å². The summed E-state index contributed by atoms with van der Waals surface area (Å²) in [6.45, 7) is 6.63. The lowest BCUT2D eigenvalue weighted by Crippen LogP contribution is -2.26. The van der Waals surface area contributed by atoms with Crippen molar-refractivity contribution in [3.63, 3.8) is 0 Å². The van der Waals surface area contributed by atoms with Gasteiger partial charge >= 0.3 is 0 Å². The Bertz CT molecular complexity index is 369. The van der Waals surface area contributed by atoms with Gasteiger partial charge in [0.25, 0.3) is 0 Å². The first-order valence-corrected chi connectivity index (χ1v) is 9.64. The van der Waals surface area contributed by atoms with E-state index in [-0.39, 0.29) is 11.0 Å². The first-order valence-electron chi connectivity index (χ1n) is 9.27. The third-order valence-corrected chi connectivity index (χ3v) is 5.01. The molecular formula is C21H38ClN. The van der Waals surface area contributed by atoms with Crippen molar-refractivity contribution in [3.8, 4) is 0 Å². The molecule has 2 heteroatoms. The predicted octanol–water partition coefficient (Wildman–Crippen LogP) is 7.56. The summed E-state index contributed by atoms with van der Waals surface area (Å²) in [6, 6.07) is 10.8. The molecule has 1 aromatic rings. The SMILES string of the molecule is CCCCCCCCCCC(Cc1ccccc1)C(C)(C)Cl.N. The zero-order chi connectivity index (χ0) is 16.3. The van der Waals surface area contributed by atoms with Crippen LogP contribution in [0.25, 0.3) is 0 Å². The van der Waals surface area contributed by atoms with Crippen LogP contribution in [0.3, 0.4) is 0 Å². The lowest BCUT2D eigenvalue weighted by molar-refractivity contribution is 0.367. The molecule has 0 heterocycles. The molecule has 1 rings (SSSR count). The molecule has 0 aliphatic rings. The highest BCUT2D eigenvalue weighted by molar-refractivity contribution is 6.23. The van der Waals surface area contributed by atoms with Crippen molar-refractivity contribution in [1.29, 1.82) is 0 Å². The van der Waals surface area contributed by atoms with Crippen LogP contribution in [0.2, 0.25) is 0 Å². The van der Waals surface area contributed by atoms with Crippen LogP contribution in [0.5, 0.6) is 0 Å². The molecule has 0 aromatic heterocycles. The van der Waals surface area contributed by atoms with Gasteiger partial charge in [-0.05, 0) is 38.2 Å². The molecule has 134 valence electrons. The van der Waals surface area contributed by atoms with Crippen molar-refractivity contribution in [1.82, 2.24) is 6.15 Å². The number of halogens is 1. The second-order valence-electron chi connectivity index (χ2n) is 7.21. The van der Waals surface area contributed by atoms with E-state index < -0.39 is 0 Å². The van der Waals surface area contributed by atoms with Gasteiger partial charge in [-0.15, -0.1) is 11.6 Å². The van der Waals surface area contributed by atoms with Crippen LogP contribution in [0.1, 0.15) is 84.1 Å². The summed E-state index contributed by atoms with van der Waals surface area (Å²) >= 11 is 6.65. The summed E-state index contributed by atoms with van der Waals surface area (Å²) in [7, 11) is 0. The lowest BCUT2D eigenvalue weighted by atomic mass is 9.84. The Labute approximate surface area is 149 Å². The second kappa shape index (κ2) is 12.8. The van der Waals surface area contributed by atoms with E-state index in [0.717, 1.165) is 6.42 Å². The number of alkyl halides is 1. The molecule has 0 saturated carbocycles. The van der Waals surface area contributed by atoms with Crippen molar-refractivity contribution >= 4 is 11.6 Å². The average molecular weight is 340 g/mol. The maximum atomic E-state index is 6.65. The molecule has 0 amide bonds. The van der Waals surface area contributed by atoms with Gasteiger partial charge in [0.1, 0.15) is 0 Å². The zero-order valence-electron chi connectivity index (χ0n) is 15.6. The van der Waals surface area contributed by atoms with Crippen LogP contribution in [0, 0.1) is 5.92 Å². The maximum absolute atomic E-state index is 6.65. The van der Waals surface area contributed by atoms with Crippen molar-refractivity contribution in [2.45, 2.75) is 89.9 Å². The Kier molecular flexibility index (Phi) is 12.5.